The Morgan fingerprint density at radius 1 is 0.905 bits per heavy atom. The molecule has 0 saturated heterocycles. The lowest BCUT2D eigenvalue weighted by atomic mass is 10.1. The molecule has 0 saturated carbocycles. The summed E-state index contributed by atoms with van der Waals surface area (Å²) < 4.78 is 37.9. The molecule has 112 valence electrons. The van der Waals surface area contributed by atoms with Crippen molar-refractivity contribution < 1.29 is 13.2 Å². The van der Waals surface area contributed by atoms with Gasteiger partial charge in [-0.05, 0) is 29.8 Å². The first-order valence-corrected chi connectivity index (χ1v) is 6.95. The largest absolute Gasteiger partial charge is 0.416 e. The highest BCUT2D eigenvalue weighted by Crippen LogP contribution is 2.33. The van der Waals surface area contributed by atoms with Gasteiger partial charge in [0, 0.05) is 6.54 Å². The molecule has 0 heterocycles. The standard InChI is InChI=1S/C14H9Cl3F3N/c15-10-5-12(17)13(6-11(10)16)21-7-8-2-1-3-9(4-8)14(18,19)20/h1-6,21H,7H2. The fourth-order valence-corrected chi connectivity index (χ4v) is 2.33. The molecule has 0 amide bonds. The van der Waals surface area contributed by atoms with Gasteiger partial charge in [-0.15, -0.1) is 0 Å². The molecular weight excluding hydrogens is 346 g/mol. The van der Waals surface area contributed by atoms with E-state index in [2.05, 4.69) is 5.32 Å². The normalized spacial score (nSPS) is 11.5. The molecule has 0 spiro atoms. The van der Waals surface area contributed by atoms with Crippen LogP contribution in [0.2, 0.25) is 15.1 Å². The highest BCUT2D eigenvalue weighted by Gasteiger charge is 2.30. The first-order chi connectivity index (χ1) is 9.77. The van der Waals surface area contributed by atoms with Crippen LogP contribution in [0, 0.1) is 0 Å². The molecule has 2 aromatic rings. The van der Waals surface area contributed by atoms with Gasteiger partial charge in [-0.2, -0.15) is 13.2 Å². The van der Waals surface area contributed by atoms with Gasteiger partial charge in [0.15, 0.2) is 0 Å². The van der Waals surface area contributed by atoms with Crippen LogP contribution in [0.3, 0.4) is 0 Å². The number of anilines is 1. The topological polar surface area (TPSA) is 12.0 Å². The molecule has 0 aromatic heterocycles. The summed E-state index contributed by atoms with van der Waals surface area (Å²) in [4.78, 5) is 0. The molecule has 0 atom stereocenters. The number of hydrogen-bond donors (Lipinski definition) is 1. The molecule has 1 nitrogen and oxygen atoms in total. The molecule has 0 aliphatic rings. The van der Waals surface area contributed by atoms with Crippen molar-refractivity contribution in [3.8, 4) is 0 Å². The second-order valence-electron chi connectivity index (χ2n) is 4.30. The monoisotopic (exact) mass is 353 g/mol. The Balaban J connectivity index is 2.15. The summed E-state index contributed by atoms with van der Waals surface area (Å²) >= 11 is 17.7. The zero-order valence-corrected chi connectivity index (χ0v) is 12.7. The van der Waals surface area contributed by atoms with Gasteiger partial charge in [-0.1, -0.05) is 46.9 Å². The lowest BCUT2D eigenvalue weighted by Gasteiger charge is -2.12. The maximum Gasteiger partial charge on any atom is 0.416 e. The van der Waals surface area contributed by atoms with Gasteiger partial charge in [0.05, 0.1) is 26.3 Å². The summed E-state index contributed by atoms with van der Waals surface area (Å²) in [6.45, 7) is 0.182. The van der Waals surface area contributed by atoms with Crippen molar-refractivity contribution in [1.82, 2.24) is 0 Å². The van der Waals surface area contributed by atoms with Crippen molar-refractivity contribution in [1.29, 1.82) is 0 Å². The summed E-state index contributed by atoms with van der Waals surface area (Å²) in [7, 11) is 0. The molecule has 2 rings (SSSR count). The number of benzene rings is 2. The highest BCUT2D eigenvalue weighted by atomic mass is 35.5. The van der Waals surface area contributed by atoms with Crippen molar-refractivity contribution in [3.05, 3.63) is 62.6 Å². The molecule has 2 aromatic carbocycles. The van der Waals surface area contributed by atoms with Gasteiger partial charge in [-0.25, -0.2) is 0 Å². The van der Waals surface area contributed by atoms with Crippen molar-refractivity contribution in [2.75, 3.05) is 5.32 Å². The van der Waals surface area contributed by atoms with E-state index in [9.17, 15) is 13.2 Å². The summed E-state index contributed by atoms with van der Waals surface area (Å²) in [5, 5.41) is 3.90. The van der Waals surface area contributed by atoms with Crippen LogP contribution in [-0.4, -0.2) is 0 Å². The van der Waals surface area contributed by atoms with E-state index in [0.717, 1.165) is 12.1 Å². The van der Waals surface area contributed by atoms with Crippen LogP contribution >= 0.6 is 34.8 Å². The molecule has 0 fully saturated rings. The van der Waals surface area contributed by atoms with Gasteiger partial charge in [-0.3, -0.25) is 0 Å². The van der Waals surface area contributed by atoms with E-state index >= 15 is 0 Å². The van der Waals surface area contributed by atoms with E-state index < -0.39 is 11.7 Å². The molecule has 0 radical (unpaired) electrons. The van der Waals surface area contributed by atoms with Gasteiger partial charge in [0.25, 0.3) is 0 Å². The number of hydrogen-bond acceptors (Lipinski definition) is 1. The van der Waals surface area contributed by atoms with Crippen LogP contribution in [0.1, 0.15) is 11.1 Å². The predicted molar refractivity (Wildman–Crippen MR) is 80.2 cm³/mol. The number of alkyl halides is 3. The smallest absolute Gasteiger partial charge is 0.380 e. The quantitative estimate of drug-likeness (QED) is 0.640. The Morgan fingerprint density at radius 3 is 2.24 bits per heavy atom. The van der Waals surface area contributed by atoms with E-state index in [-0.39, 0.29) is 6.54 Å². The van der Waals surface area contributed by atoms with E-state index in [0.29, 0.717) is 26.3 Å². The fourth-order valence-electron chi connectivity index (χ4n) is 1.71. The van der Waals surface area contributed by atoms with Gasteiger partial charge >= 0.3 is 6.18 Å². The summed E-state index contributed by atoms with van der Waals surface area (Å²) in [6.07, 6.45) is -4.36. The van der Waals surface area contributed by atoms with E-state index in [1.165, 1.54) is 18.2 Å². The van der Waals surface area contributed by atoms with Crippen LogP contribution in [0.5, 0.6) is 0 Å². The van der Waals surface area contributed by atoms with Crippen molar-refractivity contribution in [2.24, 2.45) is 0 Å². The molecule has 21 heavy (non-hydrogen) atoms. The second kappa shape index (κ2) is 6.34. The summed E-state index contributed by atoms with van der Waals surface area (Å²) in [5.74, 6) is 0. The minimum atomic E-state index is -4.36. The predicted octanol–water partition coefficient (Wildman–Crippen LogP) is 6.28. The first-order valence-electron chi connectivity index (χ1n) is 5.82. The fraction of sp³-hybridized carbons (Fsp3) is 0.143. The minimum Gasteiger partial charge on any atom is -0.380 e. The third kappa shape index (κ3) is 4.19. The Bertz CT molecular complexity index is 656. The van der Waals surface area contributed by atoms with Crippen LogP contribution in [0.25, 0.3) is 0 Å². The zero-order chi connectivity index (χ0) is 15.6. The van der Waals surface area contributed by atoms with Crippen molar-refractivity contribution >= 4 is 40.5 Å². The molecule has 0 aliphatic carbocycles. The molecule has 0 unspecified atom stereocenters. The first kappa shape index (κ1) is 16.3. The Kier molecular flexibility index (Phi) is 4.91. The van der Waals surface area contributed by atoms with E-state index in [1.807, 2.05) is 0 Å². The number of rotatable bonds is 3. The summed E-state index contributed by atoms with van der Waals surface area (Å²) in [5.41, 5.74) is 0.289. The van der Waals surface area contributed by atoms with E-state index in [1.54, 1.807) is 6.07 Å². The zero-order valence-electron chi connectivity index (χ0n) is 10.4. The molecule has 1 N–H and O–H groups in total. The third-order valence-electron chi connectivity index (χ3n) is 2.75. The average molecular weight is 355 g/mol. The molecule has 7 heteroatoms. The maximum atomic E-state index is 12.6. The summed E-state index contributed by atoms with van der Waals surface area (Å²) in [6, 6.07) is 8.05. The SMILES string of the molecule is FC(F)(F)c1cccc(CNc2cc(Cl)c(Cl)cc2Cl)c1. The van der Waals surface area contributed by atoms with Crippen molar-refractivity contribution in [2.45, 2.75) is 12.7 Å². The lowest BCUT2D eigenvalue weighted by molar-refractivity contribution is -0.137. The lowest BCUT2D eigenvalue weighted by Crippen LogP contribution is -2.07. The van der Waals surface area contributed by atoms with Crippen LogP contribution < -0.4 is 5.32 Å². The number of halogens is 6. The van der Waals surface area contributed by atoms with Crippen LogP contribution in [0.15, 0.2) is 36.4 Å². The number of nitrogens with one attached hydrogen (secondary N) is 1. The van der Waals surface area contributed by atoms with Gasteiger partial charge < -0.3 is 5.32 Å². The average Bonchev–Trinajstić information content (AvgIpc) is 2.41. The van der Waals surface area contributed by atoms with Gasteiger partial charge in [0.2, 0.25) is 0 Å². The molecule has 0 aliphatic heterocycles. The van der Waals surface area contributed by atoms with Crippen molar-refractivity contribution in [3.63, 3.8) is 0 Å². The third-order valence-corrected chi connectivity index (χ3v) is 3.78. The molecular formula is C14H9Cl3F3N. The minimum absolute atomic E-state index is 0.182. The Morgan fingerprint density at radius 2 is 1.57 bits per heavy atom. The highest BCUT2D eigenvalue weighted by molar-refractivity contribution is 6.44. The second-order valence-corrected chi connectivity index (χ2v) is 5.52. The maximum absolute atomic E-state index is 12.6. The Labute approximate surface area is 134 Å². The van der Waals surface area contributed by atoms with Crippen LogP contribution in [0.4, 0.5) is 18.9 Å². The van der Waals surface area contributed by atoms with E-state index in [4.69, 9.17) is 34.8 Å². The van der Waals surface area contributed by atoms with Crippen LogP contribution in [-0.2, 0) is 12.7 Å². The molecule has 0 bridgehead atoms. The Hall–Kier alpha value is -1.10. The van der Waals surface area contributed by atoms with Gasteiger partial charge in [0.1, 0.15) is 0 Å².